The third-order valence-electron chi connectivity index (χ3n) is 4.38. The molecular formula is C15H19ClINO. The number of hydrogen-bond donors (Lipinski definition) is 0. The predicted octanol–water partition coefficient (Wildman–Crippen LogP) is 4.60. The molecule has 1 aromatic rings. The second-order valence-electron chi connectivity index (χ2n) is 5.31. The molecule has 0 bridgehead atoms. The largest absolute Gasteiger partial charge is 0.338 e. The topological polar surface area (TPSA) is 20.3 Å². The lowest BCUT2D eigenvalue weighted by atomic mass is 9.82. The molecule has 0 N–H and O–H groups in total. The van der Waals surface area contributed by atoms with E-state index in [2.05, 4.69) is 36.4 Å². The number of benzene rings is 1. The van der Waals surface area contributed by atoms with Crippen LogP contribution in [0.15, 0.2) is 18.2 Å². The van der Waals surface area contributed by atoms with Gasteiger partial charge in [-0.3, -0.25) is 4.79 Å². The summed E-state index contributed by atoms with van der Waals surface area (Å²) in [4.78, 5) is 14.6. The Morgan fingerprint density at radius 2 is 2.11 bits per heavy atom. The summed E-state index contributed by atoms with van der Waals surface area (Å²) >= 11 is 8.20. The van der Waals surface area contributed by atoms with E-state index in [0.717, 1.165) is 41.5 Å². The molecule has 2 rings (SSSR count). The number of rotatable bonds is 3. The third-order valence-corrected chi connectivity index (χ3v) is 5.56. The van der Waals surface area contributed by atoms with Gasteiger partial charge in [-0.05, 0) is 65.5 Å². The molecule has 1 aliphatic rings. The molecule has 0 aliphatic carbocycles. The Balaban J connectivity index is 2.20. The van der Waals surface area contributed by atoms with Crippen LogP contribution in [0.2, 0.25) is 5.02 Å². The zero-order valence-corrected chi connectivity index (χ0v) is 14.3. The SMILES string of the molecule is CCC1(CC)CCN(C(=O)c2cc(Cl)ccc2I)C1. The average molecular weight is 392 g/mol. The Kier molecular flexibility index (Phi) is 4.77. The molecule has 104 valence electrons. The van der Waals surface area contributed by atoms with Crippen LogP contribution in [0.1, 0.15) is 43.5 Å². The molecule has 1 aliphatic heterocycles. The molecule has 19 heavy (non-hydrogen) atoms. The fourth-order valence-corrected chi connectivity index (χ4v) is 3.51. The van der Waals surface area contributed by atoms with Gasteiger partial charge in [0.05, 0.1) is 5.56 Å². The van der Waals surface area contributed by atoms with Crippen LogP contribution in [-0.2, 0) is 0 Å². The van der Waals surface area contributed by atoms with Gasteiger partial charge in [-0.25, -0.2) is 0 Å². The van der Waals surface area contributed by atoms with Gasteiger partial charge in [0.15, 0.2) is 0 Å². The Bertz CT molecular complexity index is 485. The number of carbonyl (C=O) groups excluding carboxylic acids is 1. The highest BCUT2D eigenvalue weighted by Gasteiger charge is 2.37. The van der Waals surface area contributed by atoms with E-state index in [-0.39, 0.29) is 5.91 Å². The Hall–Kier alpha value is -0.290. The van der Waals surface area contributed by atoms with Gasteiger partial charge in [0.25, 0.3) is 5.91 Å². The minimum Gasteiger partial charge on any atom is -0.338 e. The third kappa shape index (κ3) is 3.07. The van der Waals surface area contributed by atoms with Crippen LogP contribution in [0.3, 0.4) is 0 Å². The molecular weight excluding hydrogens is 373 g/mol. The van der Waals surface area contributed by atoms with Crippen molar-refractivity contribution in [2.45, 2.75) is 33.1 Å². The van der Waals surface area contributed by atoms with Gasteiger partial charge in [0.1, 0.15) is 0 Å². The van der Waals surface area contributed by atoms with Gasteiger partial charge in [-0.15, -0.1) is 0 Å². The average Bonchev–Trinajstić information content (AvgIpc) is 2.86. The van der Waals surface area contributed by atoms with E-state index in [4.69, 9.17) is 11.6 Å². The molecule has 1 fully saturated rings. The summed E-state index contributed by atoms with van der Waals surface area (Å²) in [7, 11) is 0. The lowest BCUT2D eigenvalue weighted by Crippen LogP contribution is -2.32. The van der Waals surface area contributed by atoms with Crippen molar-refractivity contribution in [2.24, 2.45) is 5.41 Å². The molecule has 4 heteroatoms. The van der Waals surface area contributed by atoms with Crippen LogP contribution in [0.5, 0.6) is 0 Å². The maximum absolute atomic E-state index is 12.6. The van der Waals surface area contributed by atoms with Crippen molar-refractivity contribution in [3.8, 4) is 0 Å². The van der Waals surface area contributed by atoms with E-state index in [1.54, 1.807) is 6.07 Å². The molecule has 0 aromatic heterocycles. The normalized spacial score (nSPS) is 17.8. The minimum absolute atomic E-state index is 0.121. The highest BCUT2D eigenvalue weighted by Crippen LogP contribution is 2.37. The van der Waals surface area contributed by atoms with E-state index in [9.17, 15) is 4.79 Å². The molecule has 0 saturated carbocycles. The van der Waals surface area contributed by atoms with E-state index in [0.29, 0.717) is 10.4 Å². The smallest absolute Gasteiger partial charge is 0.254 e. The van der Waals surface area contributed by atoms with Gasteiger partial charge in [0, 0.05) is 21.7 Å². The summed E-state index contributed by atoms with van der Waals surface area (Å²) < 4.78 is 0.970. The van der Waals surface area contributed by atoms with E-state index in [1.165, 1.54) is 0 Å². The fourth-order valence-electron chi connectivity index (χ4n) is 2.77. The summed E-state index contributed by atoms with van der Waals surface area (Å²) in [6, 6.07) is 5.51. The van der Waals surface area contributed by atoms with E-state index >= 15 is 0 Å². The number of likely N-dealkylation sites (tertiary alicyclic amines) is 1. The summed E-state index contributed by atoms with van der Waals surface area (Å²) in [6.45, 7) is 6.19. The molecule has 0 atom stereocenters. The number of carbonyl (C=O) groups is 1. The molecule has 0 spiro atoms. The highest BCUT2D eigenvalue weighted by atomic mass is 127. The maximum atomic E-state index is 12.6. The summed E-state index contributed by atoms with van der Waals surface area (Å²) in [6.07, 6.45) is 3.39. The first-order chi connectivity index (χ1) is 9.01. The van der Waals surface area contributed by atoms with Crippen LogP contribution >= 0.6 is 34.2 Å². The van der Waals surface area contributed by atoms with Crippen LogP contribution in [0, 0.1) is 8.99 Å². The standard InChI is InChI=1S/C15H19ClINO/c1-3-15(4-2)7-8-18(10-15)14(19)12-9-11(16)5-6-13(12)17/h5-6,9H,3-4,7-8,10H2,1-2H3. The van der Waals surface area contributed by atoms with Gasteiger partial charge < -0.3 is 4.90 Å². The number of hydrogen-bond acceptors (Lipinski definition) is 1. The Labute approximate surface area is 133 Å². The minimum atomic E-state index is 0.121. The highest BCUT2D eigenvalue weighted by molar-refractivity contribution is 14.1. The summed E-state index contributed by atoms with van der Waals surface area (Å²) in [5, 5.41) is 0.625. The van der Waals surface area contributed by atoms with Crippen LogP contribution in [0.4, 0.5) is 0 Å². The summed E-state index contributed by atoms with van der Waals surface area (Å²) in [5.74, 6) is 0.121. The van der Waals surface area contributed by atoms with Crippen molar-refractivity contribution in [2.75, 3.05) is 13.1 Å². The van der Waals surface area contributed by atoms with Crippen molar-refractivity contribution in [3.05, 3.63) is 32.4 Å². The second-order valence-corrected chi connectivity index (χ2v) is 6.91. The van der Waals surface area contributed by atoms with Gasteiger partial charge in [0.2, 0.25) is 0 Å². The van der Waals surface area contributed by atoms with Crippen molar-refractivity contribution in [3.63, 3.8) is 0 Å². The fraction of sp³-hybridized carbons (Fsp3) is 0.533. The lowest BCUT2D eigenvalue weighted by molar-refractivity contribution is 0.0769. The van der Waals surface area contributed by atoms with Gasteiger partial charge in [-0.1, -0.05) is 25.4 Å². The predicted molar refractivity (Wildman–Crippen MR) is 87.7 cm³/mol. The monoisotopic (exact) mass is 391 g/mol. The Morgan fingerprint density at radius 3 is 2.68 bits per heavy atom. The number of amides is 1. The Morgan fingerprint density at radius 1 is 1.42 bits per heavy atom. The molecule has 1 aromatic carbocycles. The molecule has 0 unspecified atom stereocenters. The second kappa shape index (κ2) is 6.00. The number of halogens is 2. The van der Waals surface area contributed by atoms with Crippen molar-refractivity contribution in [1.29, 1.82) is 0 Å². The first kappa shape index (κ1) is 15.1. The molecule has 0 radical (unpaired) electrons. The molecule has 1 saturated heterocycles. The zero-order chi connectivity index (χ0) is 14.0. The quantitative estimate of drug-likeness (QED) is 0.690. The van der Waals surface area contributed by atoms with Crippen molar-refractivity contribution < 1.29 is 4.79 Å². The first-order valence-electron chi connectivity index (χ1n) is 6.75. The molecule has 1 heterocycles. The van der Waals surface area contributed by atoms with Gasteiger partial charge >= 0.3 is 0 Å². The maximum Gasteiger partial charge on any atom is 0.254 e. The zero-order valence-electron chi connectivity index (χ0n) is 11.4. The van der Waals surface area contributed by atoms with Crippen molar-refractivity contribution >= 4 is 40.1 Å². The van der Waals surface area contributed by atoms with Gasteiger partial charge in [-0.2, -0.15) is 0 Å². The van der Waals surface area contributed by atoms with Crippen LogP contribution in [0.25, 0.3) is 0 Å². The first-order valence-corrected chi connectivity index (χ1v) is 8.21. The van der Waals surface area contributed by atoms with Crippen LogP contribution in [-0.4, -0.2) is 23.9 Å². The lowest BCUT2D eigenvalue weighted by Gasteiger charge is -2.26. The molecule has 1 amide bonds. The summed E-state index contributed by atoms with van der Waals surface area (Å²) in [5.41, 5.74) is 1.05. The van der Waals surface area contributed by atoms with E-state index < -0.39 is 0 Å². The van der Waals surface area contributed by atoms with E-state index in [1.807, 2.05) is 17.0 Å². The van der Waals surface area contributed by atoms with Crippen LogP contribution < -0.4 is 0 Å². The number of nitrogens with zero attached hydrogens (tertiary/aromatic N) is 1. The van der Waals surface area contributed by atoms with Crippen molar-refractivity contribution in [1.82, 2.24) is 4.90 Å². The molecule has 2 nitrogen and oxygen atoms in total.